The Morgan fingerprint density at radius 1 is 1.11 bits per heavy atom. The van der Waals surface area contributed by atoms with Gasteiger partial charge in [0.05, 0.1) is 36.5 Å². The van der Waals surface area contributed by atoms with Crippen molar-refractivity contribution in [3.8, 4) is 17.2 Å². The van der Waals surface area contributed by atoms with E-state index in [1.807, 2.05) is 31.2 Å². The second-order valence-corrected chi connectivity index (χ2v) is 10.4. The monoisotopic (exact) mass is 512 g/mol. The predicted octanol–water partition coefficient (Wildman–Crippen LogP) is 3.52. The molecule has 4 heterocycles. The maximum Gasteiger partial charge on any atom is 0.255 e. The summed E-state index contributed by atoms with van der Waals surface area (Å²) in [7, 11) is 0. The van der Waals surface area contributed by atoms with Crippen LogP contribution >= 0.6 is 0 Å². The van der Waals surface area contributed by atoms with Gasteiger partial charge in [0.1, 0.15) is 11.6 Å². The number of hydrogen-bond acceptors (Lipinski definition) is 8. The zero-order valence-electron chi connectivity index (χ0n) is 21.9. The standard InChI is InChI=1S/C29H32N6O3/c1-19-4-5-22(32-28(37)20-6-7-31-25(12-20)29(2,3)18-30)15-24(19)21-13-26(34-8-10-38-11-9-34)33-27(14-21)35-16-23(36)17-35/h4-7,12-15,23,36H,8-11,16-17H2,1-3H3,(H,32,37). The number of ether oxygens (including phenoxy) is 1. The van der Waals surface area contributed by atoms with Gasteiger partial charge in [0, 0.05) is 43.6 Å². The zero-order chi connectivity index (χ0) is 26.9. The number of pyridine rings is 2. The molecule has 9 heteroatoms. The first-order valence-electron chi connectivity index (χ1n) is 12.8. The minimum absolute atomic E-state index is 0.267. The van der Waals surface area contributed by atoms with Crippen molar-refractivity contribution in [2.24, 2.45) is 0 Å². The fourth-order valence-electron chi connectivity index (χ4n) is 4.60. The van der Waals surface area contributed by atoms with Crippen LogP contribution in [0, 0.1) is 18.3 Å². The molecule has 0 bridgehead atoms. The number of carbonyl (C=O) groups is 1. The third-order valence-electron chi connectivity index (χ3n) is 7.07. The van der Waals surface area contributed by atoms with Gasteiger partial charge in [-0.15, -0.1) is 0 Å². The quantitative estimate of drug-likeness (QED) is 0.516. The molecule has 0 spiro atoms. The van der Waals surface area contributed by atoms with Gasteiger partial charge in [-0.2, -0.15) is 5.26 Å². The summed E-state index contributed by atoms with van der Waals surface area (Å²) in [5, 5.41) is 22.3. The average Bonchev–Trinajstić information content (AvgIpc) is 2.92. The van der Waals surface area contributed by atoms with Crippen molar-refractivity contribution in [2.75, 3.05) is 54.5 Å². The summed E-state index contributed by atoms with van der Waals surface area (Å²) in [5.74, 6) is 1.43. The number of nitrogens with zero attached hydrogens (tertiary/aromatic N) is 5. The van der Waals surface area contributed by atoms with Crippen LogP contribution in [0.25, 0.3) is 11.1 Å². The van der Waals surface area contributed by atoms with Crippen LogP contribution in [0.1, 0.15) is 35.5 Å². The highest BCUT2D eigenvalue weighted by atomic mass is 16.5. The van der Waals surface area contributed by atoms with Crippen molar-refractivity contribution in [2.45, 2.75) is 32.3 Å². The number of amides is 1. The summed E-state index contributed by atoms with van der Waals surface area (Å²) in [6.45, 7) is 9.57. The van der Waals surface area contributed by atoms with Crippen LogP contribution in [0.4, 0.5) is 17.3 Å². The van der Waals surface area contributed by atoms with Crippen LogP contribution in [0.3, 0.4) is 0 Å². The van der Waals surface area contributed by atoms with E-state index in [4.69, 9.17) is 9.72 Å². The maximum atomic E-state index is 13.1. The molecule has 0 atom stereocenters. The van der Waals surface area contributed by atoms with Crippen LogP contribution in [0.2, 0.25) is 0 Å². The summed E-state index contributed by atoms with van der Waals surface area (Å²) in [4.78, 5) is 26.6. The second kappa shape index (κ2) is 10.4. The summed E-state index contributed by atoms with van der Waals surface area (Å²) < 4.78 is 5.53. The Morgan fingerprint density at radius 3 is 2.50 bits per heavy atom. The van der Waals surface area contributed by atoms with E-state index >= 15 is 0 Å². The Kier molecular flexibility index (Phi) is 7.02. The van der Waals surface area contributed by atoms with Crippen molar-refractivity contribution in [1.82, 2.24) is 9.97 Å². The van der Waals surface area contributed by atoms with E-state index in [1.165, 1.54) is 0 Å². The summed E-state index contributed by atoms with van der Waals surface area (Å²) >= 11 is 0. The molecule has 0 unspecified atom stereocenters. The smallest absolute Gasteiger partial charge is 0.255 e. The minimum Gasteiger partial charge on any atom is -0.389 e. The van der Waals surface area contributed by atoms with Crippen LogP contribution in [-0.2, 0) is 10.2 Å². The largest absolute Gasteiger partial charge is 0.389 e. The number of β-amino-alcohol motifs (C(OH)–C–C–N with tert-alkyl or cyclic N) is 1. The first kappa shape index (κ1) is 25.6. The molecule has 3 aromatic rings. The number of anilines is 3. The van der Waals surface area contributed by atoms with Crippen molar-refractivity contribution in [1.29, 1.82) is 5.26 Å². The van der Waals surface area contributed by atoms with E-state index in [0.717, 1.165) is 41.4 Å². The van der Waals surface area contributed by atoms with Crippen LogP contribution in [0.5, 0.6) is 0 Å². The number of nitrogens with one attached hydrogen (secondary N) is 1. The van der Waals surface area contributed by atoms with Gasteiger partial charge in [0.2, 0.25) is 0 Å². The Hall–Kier alpha value is -4.00. The Morgan fingerprint density at radius 2 is 1.82 bits per heavy atom. The second-order valence-electron chi connectivity index (χ2n) is 10.4. The van der Waals surface area contributed by atoms with Gasteiger partial charge in [0.25, 0.3) is 5.91 Å². The lowest BCUT2D eigenvalue weighted by Gasteiger charge is -2.38. The van der Waals surface area contributed by atoms with Crippen molar-refractivity contribution in [3.63, 3.8) is 0 Å². The fourth-order valence-corrected chi connectivity index (χ4v) is 4.60. The van der Waals surface area contributed by atoms with E-state index in [2.05, 4.69) is 32.2 Å². The first-order chi connectivity index (χ1) is 18.2. The molecule has 0 radical (unpaired) electrons. The third-order valence-corrected chi connectivity index (χ3v) is 7.07. The Labute approximate surface area is 222 Å². The van der Waals surface area contributed by atoms with E-state index in [0.29, 0.717) is 43.2 Å². The van der Waals surface area contributed by atoms with Gasteiger partial charge in [-0.25, -0.2) is 4.98 Å². The molecule has 5 rings (SSSR count). The summed E-state index contributed by atoms with van der Waals surface area (Å²) in [5.41, 5.74) is 3.91. The molecule has 1 aromatic carbocycles. The number of aliphatic hydroxyl groups is 1. The van der Waals surface area contributed by atoms with Gasteiger partial charge in [-0.05, 0) is 73.9 Å². The first-order valence-corrected chi connectivity index (χ1v) is 12.8. The molecule has 2 aliphatic heterocycles. The molecule has 2 N–H and O–H groups in total. The number of nitriles is 1. The average molecular weight is 513 g/mol. The molecule has 9 nitrogen and oxygen atoms in total. The van der Waals surface area contributed by atoms with E-state index in [-0.39, 0.29) is 12.0 Å². The lowest BCUT2D eigenvalue weighted by molar-refractivity contribution is 0.102. The number of aliphatic hydroxyl groups excluding tert-OH is 1. The Balaban J connectivity index is 1.45. The van der Waals surface area contributed by atoms with Crippen molar-refractivity contribution >= 4 is 23.2 Å². The molecule has 0 aliphatic carbocycles. The molecule has 2 aromatic heterocycles. The molecule has 2 saturated heterocycles. The number of benzene rings is 1. The normalized spacial score (nSPS) is 16.1. The SMILES string of the molecule is Cc1ccc(NC(=O)c2ccnc(C(C)(C)C#N)c2)cc1-c1cc(N2CCOCC2)nc(N2CC(O)C2)c1. The van der Waals surface area contributed by atoms with Crippen molar-refractivity contribution < 1.29 is 14.6 Å². The number of hydrogen-bond donors (Lipinski definition) is 2. The minimum atomic E-state index is -0.795. The summed E-state index contributed by atoms with van der Waals surface area (Å²) in [6.07, 6.45) is 1.22. The molecule has 38 heavy (non-hydrogen) atoms. The number of carbonyl (C=O) groups excluding carboxylic acids is 1. The highest BCUT2D eigenvalue weighted by Crippen LogP contribution is 2.34. The third kappa shape index (κ3) is 5.32. The highest BCUT2D eigenvalue weighted by Gasteiger charge is 2.27. The number of morpholine rings is 1. The van der Waals surface area contributed by atoms with Gasteiger partial charge >= 0.3 is 0 Å². The van der Waals surface area contributed by atoms with Gasteiger partial charge < -0.3 is 25.0 Å². The maximum absolute atomic E-state index is 13.1. The van der Waals surface area contributed by atoms with E-state index < -0.39 is 5.41 Å². The predicted molar refractivity (Wildman–Crippen MR) is 146 cm³/mol. The molecule has 0 saturated carbocycles. The topological polar surface area (TPSA) is 115 Å². The molecule has 2 aliphatic rings. The molecule has 196 valence electrons. The van der Waals surface area contributed by atoms with Gasteiger partial charge in [0.15, 0.2) is 0 Å². The number of aromatic nitrogens is 2. The molecule has 2 fully saturated rings. The van der Waals surface area contributed by atoms with Crippen LogP contribution < -0.4 is 15.1 Å². The highest BCUT2D eigenvalue weighted by molar-refractivity contribution is 6.04. The lowest BCUT2D eigenvalue weighted by atomic mass is 9.90. The lowest BCUT2D eigenvalue weighted by Crippen LogP contribution is -2.51. The van der Waals surface area contributed by atoms with E-state index in [9.17, 15) is 15.2 Å². The molecular formula is C29H32N6O3. The molecular weight excluding hydrogens is 480 g/mol. The van der Waals surface area contributed by atoms with Crippen LogP contribution in [-0.4, -0.2) is 66.5 Å². The number of aryl methyl sites for hydroxylation is 1. The van der Waals surface area contributed by atoms with Crippen molar-refractivity contribution in [3.05, 3.63) is 65.5 Å². The fraction of sp³-hybridized carbons (Fsp3) is 0.379. The number of rotatable bonds is 6. The van der Waals surface area contributed by atoms with Crippen LogP contribution in [0.15, 0.2) is 48.7 Å². The molecule has 1 amide bonds. The Bertz CT molecular complexity index is 1390. The van der Waals surface area contributed by atoms with Gasteiger partial charge in [-0.3, -0.25) is 9.78 Å². The van der Waals surface area contributed by atoms with Gasteiger partial charge in [-0.1, -0.05) is 6.07 Å². The zero-order valence-corrected chi connectivity index (χ0v) is 21.9. The summed E-state index contributed by atoms with van der Waals surface area (Å²) in [6, 6.07) is 15.5. The van der Waals surface area contributed by atoms with E-state index in [1.54, 1.807) is 32.2 Å².